The Hall–Kier alpha value is -2.88. The number of allylic oxidation sites excluding steroid dienone is 1. The number of fused-ring (bicyclic) bond motifs is 1. The molecule has 0 bridgehead atoms. The number of carbonyl (C=O) groups is 2. The molecule has 2 aromatic carbocycles. The van der Waals surface area contributed by atoms with Crippen LogP contribution in [0.3, 0.4) is 0 Å². The van der Waals surface area contributed by atoms with E-state index in [1.54, 1.807) is 4.90 Å². The molecule has 29 heavy (non-hydrogen) atoms. The zero-order valence-corrected chi connectivity index (χ0v) is 17.0. The van der Waals surface area contributed by atoms with Crippen LogP contribution in [0.4, 0.5) is 5.69 Å². The van der Waals surface area contributed by atoms with Crippen molar-refractivity contribution in [1.82, 2.24) is 4.90 Å². The van der Waals surface area contributed by atoms with Crippen molar-refractivity contribution in [3.05, 3.63) is 78.0 Å². The normalized spacial score (nSPS) is 21.3. The zero-order valence-electron chi connectivity index (χ0n) is 17.0. The monoisotopic (exact) mass is 388 g/mol. The van der Waals surface area contributed by atoms with E-state index in [2.05, 4.69) is 18.2 Å². The van der Waals surface area contributed by atoms with Crippen LogP contribution in [0.25, 0.3) is 0 Å². The third-order valence-electron chi connectivity index (χ3n) is 6.20. The summed E-state index contributed by atoms with van der Waals surface area (Å²) in [5.41, 5.74) is 2.27. The molecule has 1 aliphatic heterocycles. The molecule has 1 fully saturated rings. The second-order valence-corrected chi connectivity index (χ2v) is 7.93. The standard InChI is InChI=1S/C25H28N2O2/c1-2-26(19-20-11-5-3-6-12-20)24(29)25-17-10-9-15-22(25)27(23(28)16-18-25)21-13-7-4-8-14-21/h3-8,11-15H,2,9-10,16-19H2,1H3. The molecule has 1 heterocycles. The van der Waals surface area contributed by atoms with E-state index in [0.717, 1.165) is 36.2 Å². The lowest BCUT2D eigenvalue weighted by atomic mass is 9.68. The molecule has 1 aliphatic carbocycles. The molecule has 1 unspecified atom stereocenters. The third-order valence-corrected chi connectivity index (χ3v) is 6.20. The van der Waals surface area contributed by atoms with Gasteiger partial charge in [-0.3, -0.25) is 14.5 Å². The van der Waals surface area contributed by atoms with Crippen LogP contribution in [0, 0.1) is 5.41 Å². The predicted octanol–water partition coefficient (Wildman–Crippen LogP) is 4.92. The molecule has 0 spiro atoms. The maximum absolute atomic E-state index is 13.9. The number of rotatable bonds is 5. The number of nitrogens with zero attached hydrogens (tertiary/aromatic N) is 2. The summed E-state index contributed by atoms with van der Waals surface area (Å²) < 4.78 is 0. The smallest absolute Gasteiger partial charge is 0.235 e. The summed E-state index contributed by atoms with van der Waals surface area (Å²) in [5.74, 6) is 0.238. The number of anilines is 1. The Morgan fingerprint density at radius 2 is 1.72 bits per heavy atom. The van der Waals surface area contributed by atoms with E-state index in [1.165, 1.54) is 0 Å². The van der Waals surface area contributed by atoms with Crippen molar-refractivity contribution in [2.75, 3.05) is 11.4 Å². The van der Waals surface area contributed by atoms with Gasteiger partial charge in [0.15, 0.2) is 0 Å². The van der Waals surface area contributed by atoms with Crippen LogP contribution in [-0.4, -0.2) is 23.3 Å². The van der Waals surface area contributed by atoms with Crippen LogP contribution in [0.1, 0.15) is 44.6 Å². The predicted molar refractivity (Wildman–Crippen MR) is 115 cm³/mol. The molecule has 0 saturated carbocycles. The molecular weight excluding hydrogens is 360 g/mol. The molecule has 1 atom stereocenters. The summed E-state index contributed by atoms with van der Waals surface area (Å²) in [6.45, 7) is 3.29. The van der Waals surface area contributed by atoms with Gasteiger partial charge < -0.3 is 4.90 Å². The maximum Gasteiger partial charge on any atom is 0.235 e. The molecule has 4 heteroatoms. The number of benzene rings is 2. The minimum absolute atomic E-state index is 0.0823. The first kappa shape index (κ1) is 19.4. The van der Waals surface area contributed by atoms with Gasteiger partial charge in [-0.2, -0.15) is 0 Å². The molecule has 4 rings (SSSR count). The summed E-state index contributed by atoms with van der Waals surface area (Å²) in [4.78, 5) is 30.6. The molecular formula is C25H28N2O2. The van der Waals surface area contributed by atoms with Crippen LogP contribution in [0.15, 0.2) is 72.4 Å². The van der Waals surface area contributed by atoms with Gasteiger partial charge in [0.2, 0.25) is 11.8 Å². The van der Waals surface area contributed by atoms with E-state index in [-0.39, 0.29) is 11.8 Å². The van der Waals surface area contributed by atoms with Crippen molar-refractivity contribution in [1.29, 1.82) is 0 Å². The number of hydrogen-bond donors (Lipinski definition) is 0. The number of piperidine rings is 1. The van der Waals surface area contributed by atoms with Crippen molar-refractivity contribution in [3.8, 4) is 0 Å². The lowest BCUT2D eigenvalue weighted by Crippen LogP contribution is -2.54. The highest BCUT2D eigenvalue weighted by molar-refractivity contribution is 6.02. The van der Waals surface area contributed by atoms with E-state index < -0.39 is 5.41 Å². The average molecular weight is 389 g/mol. The number of para-hydroxylation sites is 1. The fraction of sp³-hybridized carbons (Fsp3) is 0.360. The van der Waals surface area contributed by atoms with Gasteiger partial charge in [0.05, 0.1) is 5.41 Å². The minimum Gasteiger partial charge on any atom is -0.338 e. The van der Waals surface area contributed by atoms with Gasteiger partial charge in [0.25, 0.3) is 0 Å². The Morgan fingerprint density at radius 3 is 2.41 bits per heavy atom. The Balaban J connectivity index is 1.70. The second kappa shape index (κ2) is 8.24. The molecule has 4 nitrogen and oxygen atoms in total. The Kier molecular flexibility index (Phi) is 5.52. The van der Waals surface area contributed by atoms with E-state index in [4.69, 9.17) is 0 Å². The Bertz CT molecular complexity index is 907. The molecule has 1 saturated heterocycles. The quantitative estimate of drug-likeness (QED) is 0.730. The van der Waals surface area contributed by atoms with Crippen molar-refractivity contribution < 1.29 is 9.59 Å². The summed E-state index contributed by atoms with van der Waals surface area (Å²) in [6.07, 6.45) is 5.83. The average Bonchev–Trinajstić information content (AvgIpc) is 2.78. The van der Waals surface area contributed by atoms with Gasteiger partial charge in [-0.25, -0.2) is 0 Å². The van der Waals surface area contributed by atoms with Gasteiger partial charge in [0, 0.05) is 30.9 Å². The molecule has 2 aromatic rings. The first-order valence-corrected chi connectivity index (χ1v) is 10.6. The number of hydrogen-bond acceptors (Lipinski definition) is 2. The van der Waals surface area contributed by atoms with Gasteiger partial charge >= 0.3 is 0 Å². The lowest BCUT2D eigenvalue weighted by molar-refractivity contribution is -0.143. The van der Waals surface area contributed by atoms with Crippen LogP contribution >= 0.6 is 0 Å². The Morgan fingerprint density at radius 1 is 1.03 bits per heavy atom. The van der Waals surface area contributed by atoms with Crippen LogP contribution < -0.4 is 4.90 Å². The second-order valence-electron chi connectivity index (χ2n) is 7.93. The van der Waals surface area contributed by atoms with E-state index in [9.17, 15) is 9.59 Å². The largest absolute Gasteiger partial charge is 0.338 e. The van der Waals surface area contributed by atoms with Crippen molar-refractivity contribution >= 4 is 17.5 Å². The van der Waals surface area contributed by atoms with E-state index in [1.807, 2.05) is 60.4 Å². The lowest BCUT2D eigenvalue weighted by Gasteiger charge is -2.47. The van der Waals surface area contributed by atoms with Gasteiger partial charge in [-0.05, 0) is 50.3 Å². The van der Waals surface area contributed by atoms with Gasteiger partial charge in [-0.15, -0.1) is 0 Å². The summed E-state index contributed by atoms with van der Waals surface area (Å²) in [6, 6.07) is 19.9. The fourth-order valence-electron chi connectivity index (χ4n) is 4.71. The van der Waals surface area contributed by atoms with E-state index >= 15 is 0 Å². The topological polar surface area (TPSA) is 40.6 Å². The van der Waals surface area contributed by atoms with Crippen molar-refractivity contribution in [2.45, 2.75) is 45.6 Å². The van der Waals surface area contributed by atoms with Gasteiger partial charge in [0.1, 0.15) is 0 Å². The van der Waals surface area contributed by atoms with Gasteiger partial charge in [-0.1, -0.05) is 54.6 Å². The van der Waals surface area contributed by atoms with Crippen molar-refractivity contribution in [3.63, 3.8) is 0 Å². The van der Waals surface area contributed by atoms with Crippen LogP contribution in [0.5, 0.6) is 0 Å². The highest BCUT2D eigenvalue weighted by Gasteiger charge is 2.51. The number of carbonyl (C=O) groups excluding carboxylic acids is 2. The number of amides is 2. The molecule has 0 aromatic heterocycles. The summed E-state index contributed by atoms with van der Waals surface area (Å²) in [7, 11) is 0. The first-order chi connectivity index (χ1) is 14.2. The molecule has 2 aliphatic rings. The van der Waals surface area contributed by atoms with Crippen LogP contribution in [0.2, 0.25) is 0 Å². The highest BCUT2D eigenvalue weighted by atomic mass is 16.2. The minimum atomic E-state index is -0.604. The SMILES string of the molecule is CCN(Cc1ccccc1)C(=O)C12CCCC=C1N(c1ccccc1)C(=O)CC2. The molecule has 0 radical (unpaired) electrons. The Labute approximate surface area is 172 Å². The maximum atomic E-state index is 13.9. The molecule has 150 valence electrons. The third kappa shape index (κ3) is 3.59. The zero-order chi connectivity index (χ0) is 20.3. The van der Waals surface area contributed by atoms with E-state index in [0.29, 0.717) is 25.9 Å². The fourth-order valence-corrected chi connectivity index (χ4v) is 4.71. The summed E-state index contributed by atoms with van der Waals surface area (Å²) >= 11 is 0. The molecule has 0 N–H and O–H groups in total. The van der Waals surface area contributed by atoms with Crippen molar-refractivity contribution in [2.24, 2.45) is 5.41 Å². The molecule has 2 amide bonds. The van der Waals surface area contributed by atoms with Crippen LogP contribution in [-0.2, 0) is 16.1 Å². The first-order valence-electron chi connectivity index (χ1n) is 10.6. The highest BCUT2D eigenvalue weighted by Crippen LogP contribution is 2.49. The summed E-state index contributed by atoms with van der Waals surface area (Å²) in [5, 5.41) is 0.